The number of rotatable bonds is 5. The second kappa shape index (κ2) is 7.61. The van der Waals surface area contributed by atoms with Crippen molar-refractivity contribution in [1.29, 1.82) is 5.26 Å². The van der Waals surface area contributed by atoms with Crippen LogP contribution in [0.4, 0.5) is 24.9 Å². The van der Waals surface area contributed by atoms with Crippen molar-refractivity contribution >= 4 is 17.7 Å². The minimum atomic E-state index is -4.70. The Morgan fingerprint density at radius 2 is 1.88 bits per heavy atom. The SMILES string of the molecule is CC1CCN1c1nc(N2C[C@@H]3C(CC(=O)O)[C@@H]3C2)c(-c2ccc(C#N)cc2)c(C(F)(F)F)n1. The molecule has 2 aromatic rings. The molecule has 5 rings (SSSR count). The third kappa shape index (κ3) is 3.75. The first-order valence-corrected chi connectivity index (χ1v) is 10.9. The van der Waals surface area contributed by atoms with E-state index in [-0.39, 0.29) is 47.5 Å². The molecule has 0 bridgehead atoms. The van der Waals surface area contributed by atoms with Gasteiger partial charge in [-0.1, -0.05) is 12.1 Å². The summed E-state index contributed by atoms with van der Waals surface area (Å²) >= 11 is 0. The van der Waals surface area contributed by atoms with E-state index >= 15 is 0 Å². The Labute approximate surface area is 188 Å². The fourth-order valence-electron chi connectivity index (χ4n) is 5.12. The second-order valence-corrected chi connectivity index (χ2v) is 9.08. The minimum Gasteiger partial charge on any atom is -0.481 e. The lowest BCUT2D eigenvalue weighted by molar-refractivity contribution is -0.140. The molecule has 0 spiro atoms. The number of nitriles is 1. The predicted octanol–water partition coefficient (Wildman–Crippen LogP) is 3.79. The first-order chi connectivity index (χ1) is 15.7. The molecular weight excluding hydrogens is 435 g/mol. The number of aromatic nitrogens is 2. The van der Waals surface area contributed by atoms with Gasteiger partial charge in [0.2, 0.25) is 5.95 Å². The highest BCUT2D eigenvalue weighted by atomic mass is 19.4. The Morgan fingerprint density at radius 1 is 1.21 bits per heavy atom. The number of fused-ring (bicyclic) bond motifs is 1. The summed E-state index contributed by atoms with van der Waals surface area (Å²) in [4.78, 5) is 23.3. The molecule has 2 unspecified atom stereocenters. The summed E-state index contributed by atoms with van der Waals surface area (Å²) in [6.07, 6.45) is -3.75. The number of carbonyl (C=O) groups is 1. The van der Waals surface area contributed by atoms with Crippen molar-refractivity contribution in [2.45, 2.75) is 32.0 Å². The highest BCUT2D eigenvalue weighted by Gasteiger charge is 2.57. The smallest absolute Gasteiger partial charge is 0.434 e. The molecule has 3 fully saturated rings. The van der Waals surface area contributed by atoms with Crippen LogP contribution in [-0.4, -0.2) is 46.7 Å². The van der Waals surface area contributed by atoms with Gasteiger partial charge < -0.3 is 14.9 Å². The molecule has 33 heavy (non-hydrogen) atoms. The number of carboxylic acids is 1. The average Bonchev–Trinajstić information content (AvgIpc) is 3.18. The molecule has 172 valence electrons. The molecule has 2 saturated heterocycles. The number of nitrogens with zero attached hydrogens (tertiary/aromatic N) is 5. The summed E-state index contributed by atoms with van der Waals surface area (Å²) < 4.78 is 42.8. The molecule has 3 aliphatic rings. The van der Waals surface area contributed by atoms with Gasteiger partial charge in [-0.05, 0) is 48.8 Å². The molecule has 1 aliphatic carbocycles. The molecule has 0 amide bonds. The number of carboxylic acid groups (broad SMARTS) is 1. The van der Waals surface area contributed by atoms with Crippen molar-refractivity contribution in [2.75, 3.05) is 29.4 Å². The number of anilines is 2. The standard InChI is InChI=1S/C23H22F3N5O2/c1-12-6-7-31(12)22-28-20(23(24,25)26)19(14-4-2-13(9-27)3-5-14)21(29-22)30-10-16-15(8-18(32)33)17(16)11-30/h2-5,12,15-17H,6-8,10-11H2,1H3,(H,32,33)/t12?,15?,16-,17+. The molecular formula is C23H22F3N5O2. The first-order valence-electron chi connectivity index (χ1n) is 10.9. The fraction of sp³-hybridized carbons (Fsp3) is 0.478. The number of aliphatic carboxylic acids is 1. The van der Waals surface area contributed by atoms with Crippen LogP contribution >= 0.6 is 0 Å². The normalized spacial score (nSPS) is 25.9. The molecule has 3 heterocycles. The summed E-state index contributed by atoms with van der Waals surface area (Å²) in [5.74, 6) is -0.213. The Hall–Kier alpha value is -3.35. The van der Waals surface area contributed by atoms with E-state index in [1.54, 1.807) is 4.90 Å². The zero-order valence-electron chi connectivity index (χ0n) is 17.9. The molecule has 4 atom stereocenters. The summed E-state index contributed by atoms with van der Waals surface area (Å²) in [7, 11) is 0. The molecule has 10 heteroatoms. The van der Waals surface area contributed by atoms with Crippen LogP contribution in [0.2, 0.25) is 0 Å². The molecule has 7 nitrogen and oxygen atoms in total. The summed E-state index contributed by atoms with van der Waals surface area (Å²) in [6, 6.07) is 7.99. The Balaban J connectivity index is 1.60. The van der Waals surface area contributed by atoms with E-state index in [0.717, 1.165) is 6.42 Å². The van der Waals surface area contributed by atoms with Crippen LogP contribution < -0.4 is 9.80 Å². The van der Waals surface area contributed by atoms with Crippen molar-refractivity contribution in [3.8, 4) is 17.2 Å². The molecule has 1 saturated carbocycles. The van der Waals surface area contributed by atoms with E-state index in [9.17, 15) is 18.0 Å². The molecule has 1 N–H and O–H groups in total. The maximum Gasteiger partial charge on any atom is 0.434 e. The maximum atomic E-state index is 14.3. The number of benzene rings is 1. The summed E-state index contributed by atoms with van der Waals surface area (Å²) in [6.45, 7) is 3.46. The molecule has 0 radical (unpaired) electrons. The zero-order chi connectivity index (χ0) is 23.5. The molecule has 2 aliphatic heterocycles. The van der Waals surface area contributed by atoms with Crippen molar-refractivity contribution in [3.63, 3.8) is 0 Å². The van der Waals surface area contributed by atoms with E-state index in [0.29, 0.717) is 30.8 Å². The van der Waals surface area contributed by atoms with Gasteiger partial charge >= 0.3 is 12.1 Å². The maximum absolute atomic E-state index is 14.3. The largest absolute Gasteiger partial charge is 0.481 e. The van der Waals surface area contributed by atoms with E-state index < -0.39 is 17.8 Å². The van der Waals surface area contributed by atoms with Crippen LogP contribution in [0.5, 0.6) is 0 Å². The second-order valence-electron chi connectivity index (χ2n) is 9.08. The minimum absolute atomic E-state index is 0.0617. The van der Waals surface area contributed by atoms with Gasteiger partial charge in [-0.3, -0.25) is 4.79 Å². The average molecular weight is 457 g/mol. The fourth-order valence-corrected chi connectivity index (χ4v) is 5.12. The third-order valence-electron chi connectivity index (χ3n) is 7.11. The van der Waals surface area contributed by atoms with Crippen molar-refractivity contribution in [3.05, 3.63) is 35.5 Å². The van der Waals surface area contributed by atoms with Crippen LogP contribution in [-0.2, 0) is 11.0 Å². The van der Waals surface area contributed by atoms with Crippen LogP contribution in [0.1, 0.15) is 31.0 Å². The number of alkyl halides is 3. The van der Waals surface area contributed by atoms with Gasteiger partial charge in [-0.25, -0.2) is 4.98 Å². The lowest BCUT2D eigenvalue weighted by Gasteiger charge is -2.39. The zero-order valence-corrected chi connectivity index (χ0v) is 17.9. The van der Waals surface area contributed by atoms with Crippen LogP contribution in [0.3, 0.4) is 0 Å². The topological polar surface area (TPSA) is 93.4 Å². The van der Waals surface area contributed by atoms with Crippen LogP contribution in [0.25, 0.3) is 11.1 Å². The van der Waals surface area contributed by atoms with E-state index in [1.807, 2.05) is 17.9 Å². The van der Waals surface area contributed by atoms with Crippen molar-refractivity contribution in [2.24, 2.45) is 17.8 Å². The van der Waals surface area contributed by atoms with Crippen LogP contribution in [0, 0.1) is 29.1 Å². The molecule has 1 aromatic heterocycles. The Bertz CT molecular complexity index is 1130. The highest BCUT2D eigenvalue weighted by molar-refractivity contribution is 5.80. The number of hydrogen-bond donors (Lipinski definition) is 1. The lowest BCUT2D eigenvalue weighted by atomic mass is 10.0. The Morgan fingerprint density at radius 3 is 2.36 bits per heavy atom. The monoisotopic (exact) mass is 457 g/mol. The van der Waals surface area contributed by atoms with Gasteiger partial charge in [0, 0.05) is 32.1 Å². The summed E-state index contributed by atoms with van der Waals surface area (Å²) in [5, 5.41) is 18.2. The third-order valence-corrected chi connectivity index (χ3v) is 7.11. The number of hydrogen-bond acceptors (Lipinski definition) is 6. The predicted molar refractivity (Wildman–Crippen MR) is 114 cm³/mol. The van der Waals surface area contributed by atoms with Crippen LogP contribution in [0.15, 0.2) is 24.3 Å². The van der Waals surface area contributed by atoms with Crippen molar-refractivity contribution in [1.82, 2.24) is 9.97 Å². The van der Waals surface area contributed by atoms with Gasteiger partial charge in [0.15, 0.2) is 5.69 Å². The van der Waals surface area contributed by atoms with E-state index in [1.165, 1.54) is 24.3 Å². The lowest BCUT2D eigenvalue weighted by Crippen LogP contribution is -2.47. The van der Waals surface area contributed by atoms with Gasteiger partial charge in [-0.2, -0.15) is 23.4 Å². The van der Waals surface area contributed by atoms with Gasteiger partial charge in [-0.15, -0.1) is 0 Å². The quantitative estimate of drug-likeness (QED) is 0.730. The Kier molecular flexibility index (Phi) is 4.96. The van der Waals surface area contributed by atoms with Gasteiger partial charge in [0.05, 0.1) is 17.2 Å². The number of piperidine rings is 1. The number of halogens is 3. The van der Waals surface area contributed by atoms with Gasteiger partial charge in [0.1, 0.15) is 5.82 Å². The van der Waals surface area contributed by atoms with E-state index in [4.69, 9.17) is 10.4 Å². The van der Waals surface area contributed by atoms with Gasteiger partial charge in [0.25, 0.3) is 0 Å². The highest BCUT2D eigenvalue weighted by Crippen LogP contribution is 2.55. The van der Waals surface area contributed by atoms with Crippen molar-refractivity contribution < 1.29 is 23.1 Å². The summed E-state index contributed by atoms with van der Waals surface area (Å²) in [5.41, 5.74) is -0.448. The van der Waals surface area contributed by atoms with E-state index in [2.05, 4.69) is 9.97 Å². The first kappa shape index (κ1) is 21.5. The molecule has 1 aromatic carbocycles.